The van der Waals surface area contributed by atoms with Crippen LogP contribution in [-0.4, -0.2) is 30.5 Å². The standard InChI is InChI=1S/C10H16N2O5S2/c1-5(2)4-7(8(13)14)12-19(16,17)9-6(3)11-10(15)18-9/h5,7,12H,4H2,1-3H3,(H,11,15)(H,13,14). The van der Waals surface area contributed by atoms with E-state index in [-0.39, 0.29) is 22.2 Å². The van der Waals surface area contributed by atoms with Gasteiger partial charge < -0.3 is 10.1 Å². The Kier molecular flexibility index (Phi) is 4.88. The molecule has 0 radical (unpaired) electrons. The molecule has 9 heteroatoms. The highest BCUT2D eigenvalue weighted by atomic mass is 32.2. The molecule has 108 valence electrons. The number of aryl methyl sites for hydroxylation is 1. The molecular weight excluding hydrogens is 292 g/mol. The number of sulfonamides is 1. The molecule has 0 aliphatic rings. The van der Waals surface area contributed by atoms with E-state index in [1.54, 1.807) is 13.8 Å². The highest BCUT2D eigenvalue weighted by Crippen LogP contribution is 2.17. The van der Waals surface area contributed by atoms with Gasteiger partial charge in [-0.25, -0.2) is 8.42 Å². The fourth-order valence-corrected chi connectivity index (χ4v) is 4.08. The summed E-state index contributed by atoms with van der Waals surface area (Å²) in [7, 11) is -4.00. The van der Waals surface area contributed by atoms with Crippen molar-refractivity contribution in [1.29, 1.82) is 0 Å². The monoisotopic (exact) mass is 308 g/mol. The molecule has 1 aromatic heterocycles. The lowest BCUT2D eigenvalue weighted by atomic mass is 10.1. The SMILES string of the molecule is Cc1[nH]c(=O)sc1S(=O)(=O)NC(CC(C)C)C(=O)O. The first-order valence-electron chi connectivity index (χ1n) is 5.58. The molecule has 0 spiro atoms. The van der Waals surface area contributed by atoms with Crippen LogP contribution >= 0.6 is 11.3 Å². The van der Waals surface area contributed by atoms with Gasteiger partial charge in [-0.3, -0.25) is 9.59 Å². The van der Waals surface area contributed by atoms with Gasteiger partial charge in [0.1, 0.15) is 6.04 Å². The highest BCUT2D eigenvalue weighted by molar-refractivity contribution is 7.91. The molecule has 0 saturated heterocycles. The topological polar surface area (TPSA) is 116 Å². The molecule has 0 fully saturated rings. The summed E-state index contributed by atoms with van der Waals surface area (Å²) in [5.41, 5.74) is 0.205. The van der Waals surface area contributed by atoms with Crippen LogP contribution in [0.15, 0.2) is 9.00 Å². The number of carbonyl (C=O) groups is 1. The highest BCUT2D eigenvalue weighted by Gasteiger charge is 2.28. The van der Waals surface area contributed by atoms with Gasteiger partial charge in [0, 0.05) is 5.69 Å². The normalized spacial score (nSPS) is 13.7. The molecule has 0 amide bonds. The van der Waals surface area contributed by atoms with Crippen LogP contribution in [0.5, 0.6) is 0 Å². The molecule has 0 aromatic carbocycles. The Hall–Kier alpha value is -1.19. The van der Waals surface area contributed by atoms with Crippen molar-refractivity contribution in [2.45, 2.75) is 37.4 Å². The Morgan fingerprint density at radius 1 is 1.47 bits per heavy atom. The summed E-state index contributed by atoms with van der Waals surface area (Å²) < 4.78 is 26.0. The zero-order valence-corrected chi connectivity index (χ0v) is 12.4. The van der Waals surface area contributed by atoms with Crippen LogP contribution in [0, 0.1) is 12.8 Å². The second kappa shape index (κ2) is 5.85. The van der Waals surface area contributed by atoms with Crippen molar-refractivity contribution >= 4 is 27.3 Å². The van der Waals surface area contributed by atoms with Crippen molar-refractivity contribution < 1.29 is 18.3 Å². The number of carboxylic acid groups (broad SMARTS) is 1. The summed E-state index contributed by atoms with van der Waals surface area (Å²) in [6.45, 7) is 5.04. The Labute approximate surface area is 114 Å². The van der Waals surface area contributed by atoms with E-state index < -0.39 is 26.9 Å². The third-order valence-corrected chi connectivity index (χ3v) is 5.40. The van der Waals surface area contributed by atoms with Gasteiger partial charge in [0.2, 0.25) is 0 Å². The van der Waals surface area contributed by atoms with Crippen LogP contribution in [0.3, 0.4) is 0 Å². The zero-order valence-electron chi connectivity index (χ0n) is 10.8. The summed E-state index contributed by atoms with van der Waals surface area (Å²) in [4.78, 5) is 24.0. The molecule has 19 heavy (non-hydrogen) atoms. The van der Waals surface area contributed by atoms with Crippen molar-refractivity contribution in [1.82, 2.24) is 9.71 Å². The predicted octanol–water partition coefficient (Wildman–Crippen LogP) is 0.522. The molecule has 1 heterocycles. The van der Waals surface area contributed by atoms with Gasteiger partial charge in [-0.05, 0) is 19.3 Å². The summed E-state index contributed by atoms with van der Waals surface area (Å²) in [5, 5.41) is 9.01. The van der Waals surface area contributed by atoms with Crippen LogP contribution in [0.2, 0.25) is 0 Å². The quantitative estimate of drug-likeness (QED) is 0.708. The lowest BCUT2D eigenvalue weighted by molar-refractivity contribution is -0.139. The number of carboxylic acids is 1. The van der Waals surface area contributed by atoms with Gasteiger partial charge in [0.15, 0.2) is 4.21 Å². The van der Waals surface area contributed by atoms with Crippen LogP contribution in [0.4, 0.5) is 0 Å². The van der Waals surface area contributed by atoms with E-state index >= 15 is 0 Å². The van der Waals surface area contributed by atoms with Crippen molar-refractivity contribution in [3.05, 3.63) is 15.4 Å². The number of hydrogen-bond acceptors (Lipinski definition) is 5. The van der Waals surface area contributed by atoms with Gasteiger partial charge in [-0.2, -0.15) is 4.72 Å². The van der Waals surface area contributed by atoms with Crippen molar-refractivity contribution in [3.63, 3.8) is 0 Å². The molecule has 1 atom stereocenters. The summed E-state index contributed by atoms with van der Waals surface area (Å²) >= 11 is 0.539. The number of rotatable bonds is 6. The second-order valence-electron chi connectivity index (χ2n) is 4.57. The Balaban J connectivity index is 3.04. The fraction of sp³-hybridized carbons (Fsp3) is 0.600. The first-order chi connectivity index (χ1) is 8.63. The van der Waals surface area contributed by atoms with Gasteiger partial charge in [0.25, 0.3) is 10.0 Å². The minimum Gasteiger partial charge on any atom is -0.480 e. The van der Waals surface area contributed by atoms with E-state index in [0.717, 1.165) is 0 Å². The maximum Gasteiger partial charge on any atom is 0.321 e. The van der Waals surface area contributed by atoms with Crippen LogP contribution in [0.1, 0.15) is 26.0 Å². The van der Waals surface area contributed by atoms with Crippen molar-refractivity contribution in [2.24, 2.45) is 5.92 Å². The third-order valence-electron chi connectivity index (χ3n) is 2.33. The zero-order chi connectivity index (χ0) is 14.8. The average Bonchev–Trinajstić information content (AvgIpc) is 2.56. The number of thiazole rings is 1. The van der Waals surface area contributed by atoms with Crippen LogP contribution < -0.4 is 9.60 Å². The van der Waals surface area contributed by atoms with Gasteiger partial charge in [-0.1, -0.05) is 25.2 Å². The molecule has 0 bridgehead atoms. The number of aromatic nitrogens is 1. The molecule has 1 rings (SSSR count). The molecule has 0 aliphatic carbocycles. The Morgan fingerprint density at radius 2 is 2.05 bits per heavy atom. The smallest absolute Gasteiger partial charge is 0.321 e. The van der Waals surface area contributed by atoms with Crippen molar-refractivity contribution in [3.8, 4) is 0 Å². The number of H-pyrrole nitrogens is 1. The number of aliphatic carboxylic acids is 1. The molecule has 0 aliphatic heterocycles. The maximum absolute atomic E-state index is 12.0. The number of aromatic amines is 1. The molecule has 1 unspecified atom stereocenters. The van der Waals surface area contributed by atoms with Crippen LogP contribution in [-0.2, 0) is 14.8 Å². The van der Waals surface area contributed by atoms with Crippen molar-refractivity contribution in [2.75, 3.05) is 0 Å². The fourth-order valence-electron chi connectivity index (χ4n) is 1.56. The Bertz CT molecular complexity index is 614. The summed E-state index contributed by atoms with van der Waals surface area (Å²) in [6, 6.07) is -1.21. The molecular formula is C10H16N2O5S2. The van der Waals surface area contributed by atoms with E-state index in [4.69, 9.17) is 5.11 Å². The number of hydrogen-bond donors (Lipinski definition) is 3. The molecule has 0 saturated carbocycles. The molecule has 3 N–H and O–H groups in total. The summed E-state index contributed by atoms with van der Waals surface area (Å²) in [5.74, 6) is -1.22. The van der Waals surface area contributed by atoms with Gasteiger partial charge >= 0.3 is 10.8 Å². The van der Waals surface area contributed by atoms with E-state index in [0.29, 0.717) is 11.3 Å². The largest absolute Gasteiger partial charge is 0.480 e. The predicted molar refractivity (Wildman–Crippen MR) is 70.9 cm³/mol. The van der Waals surface area contributed by atoms with Crippen LogP contribution in [0.25, 0.3) is 0 Å². The first kappa shape index (κ1) is 15.9. The minimum atomic E-state index is -4.00. The minimum absolute atomic E-state index is 0.0230. The summed E-state index contributed by atoms with van der Waals surface area (Å²) in [6.07, 6.45) is 0.174. The molecule has 7 nitrogen and oxygen atoms in total. The van der Waals surface area contributed by atoms with Gasteiger partial charge in [-0.15, -0.1) is 0 Å². The van der Waals surface area contributed by atoms with E-state index in [2.05, 4.69) is 9.71 Å². The van der Waals surface area contributed by atoms with E-state index in [9.17, 15) is 18.0 Å². The second-order valence-corrected chi connectivity index (χ2v) is 7.46. The lowest BCUT2D eigenvalue weighted by Gasteiger charge is -2.16. The van der Waals surface area contributed by atoms with E-state index in [1.165, 1.54) is 6.92 Å². The maximum atomic E-state index is 12.0. The lowest BCUT2D eigenvalue weighted by Crippen LogP contribution is -2.41. The molecule has 1 aromatic rings. The first-order valence-corrected chi connectivity index (χ1v) is 7.88. The van der Waals surface area contributed by atoms with Gasteiger partial charge in [0.05, 0.1) is 0 Å². The Morgan fingerprint density at radius 3 is 2.42 bits per heavy atom. The van der Waals surface area contributed by atoms with E-state index in [1.807, 2.05) is 0 Å². The number of nitrogens with one attached hydrogen (secondary N) is 2. The average molecular weight is 308 g/mol. The third kappa shape index (κ3) is 4.15.